The van der Waals surface area contributed by atoms with Crippen LogP contribution in [0.2, 0.25) is 0 Å². The Morgan fingerprint density at radius 3 is 2.64 bits per heavy atom. The Morgan fingerprint density at radius 2 is 2.07 bits per heavy atom. The predicted molar refractivity (Wildman–Crippen MR) is 100 cm³/mol. The molecule has 0 aromatic carbocycles. The van der Waals surface area contributed by atoms with E-state index in [1.165, 1.54) is 13.2 Å². The van der Waals surface area contributed by atoms with E-state index in [2.05, 4.69) is 32.8 Å². The summed E-state index contributed by atoms with van der Waals surface area (Å²) in [6.07, 6.45) is 1.71. The summed E-state index contributed by atoms with van der Waals surface area (Å²) in [5.74, 6) is -2.19. The summed E-state index contributed by atoms with van der Waals surface area (Å²) in [7, 11) is -0.376. The van der Waals surface area contributed by atoms with Crippen LogP contribution in [0.3, 0.4) is 0 Å². The van der Waals surface area contributed by atoms with Crippen molar-refractivity contribution in [3.63, 3.8) is 0 Å². The Hall–Kier alpha value is -2.41. The average molecular weight is 398 g/mol. The second kappa shape index (κ2) is 11.4. The van der Waals surface area contributed by atoms with Gasteiger partial charge in [0.1, 0.15) is 6.04 Å². The van der Waals surface area contributed by atoms with Crippen LogP contribution in [-0.4, -0.2) is 71.8 Å². The molecular formula is C16H27BN4O7. The van der Waals surface area contributed by atoms with Gasteiger partial charge in [-0.05, 0) is 31.3 Å². The van der Waals surface area contributed by atoms with E-state index in [4.69, 9.17) is 10.0 Å². The number of carboxylic acid groups (broad SMARTS) is 1. The van der Waals surface area contributed by atoms with Crippen molar-refractivity contribution in [3.05, 3.63) is 23.8 Å². The average Bonchev–Trinajstić information content (AvgIpc) is 3.06. The van der Waals surface area contributed by atoms with E-state index >= 15 is 0 Å². The highest BCUT2D eigenvalue weighted by Gasteiger charge is 2.32. The molecule has 1 saturated heterocycles. The van der Waals surface area contributed by atoms with Gasteiger partial charge in [0.05, 0.1) is 13.2 Å². The lowest BCUT2D eigenvalue weighted by molar-refractivity contribution is -0.142. The quantitative estimate of drug-likeness (QED) is 0.116. The van der Waals surface area contributed by atoms with E-state index in [1.807, 2.05) is 0 Å². The van der Waals surface area contributed by atoms with Crippen molar-refractivity contribution in [1.29, 1.82) is 0 Å². The molecule has 0 bridgehead atoms. The van der Waals surface area contributed by atoms with Crippen LogP contribution in [0, 0.1) is 0 Å². The summed E-state index contributed by atoms with van der Waals surface area (Å²) in [5.41, 5.74) is 2.87. The van der Waals surface area contributed by atoms with Crippen LogP contribution < -0.4 is 21.4 Å². The Balaban J connectivity index is 2.53. The van der Waals surface area contributed by atoms with Crippen molar-refractivity contribution in [2.45, 2.75) is 44.3 Å². The first-order valence-corrected chi connectivity index (χ1v) is 8.72. The summed E-state index contributed by atoms with van der Waals surface area (Å²) in [4.78, 5) is 39.5. The minimum absolute atomic E-state index is 0.0713. The molecule has 2 amide bonds. The molecule has 28 heavy (non-hydrogen) atoms. The number of hydrogen-bond acceptors (Lipinski definition) is 8. The highest BCUT2D eigenvalue weighted by molar-refractivity contribution is 6.51. The first-order valence-electron chi connectivity index (χ1n) is 8.72. The zero-order valence-corrected chi connectivity index (χ0v) is 15.9. The number of hydroxylamine groups is 1. The molecule has 11 nitrogen and oxygen atoms in total. The molecule has 1 aliphatic heterocycles. The molecule has 1 rings (SSSR count). The lowest BCUT2D eigenvalue weighted by atomic mass is 9.80. The van der Waals surface area contributed by atoms with Crippen molar-refractivity contribution in [2.75, 3.05) is 13.7 Å². The molecule has 156 valence electrons. The Morgan fingerprint density at radius 1 is 1.39 bits per heavy atom. The second-order valence-electron chi connectivity index (χ2n) is 6.48. The maximum Gasteiger partial charge on any atom is 0.487 e. The molecular weight excluding hydrogens is 371 g/mol. The van der Waals surface area contributed by atoms with Gasteiger partial charge in [-0.1, -0.05) is 6.58 Å². The third-order valence-electron chi connectivity index (χ3n) is 4.10. The summed E-state index contributed by atoms with van der Waals surface area (Å²) >= 11 is 0. The standard InChI is InChI=1S/C16H27BN4O7/c1-9(17(26)27)6-10(2)19-11-7-13(18-8-11)15(23)20-12(16(24)25)4-5-14(22)21-28-3/h6,11-13,18-19,26-27H,1,4-5,7-8H2,2-3H3,(H,20,23)(H,21,22)(H,24,25)/b10-6+/t11-,12+,13?/m1/s1. The maximum absolute atomic E-state index is 12.3. The smallest absolute Gasteiger partial charge is 0.480 e. The fraction of sp³-hybridized carbons (Fsp3) is 0.562. The molecule has 1 heterocycles. The maximum atomic E-state index is 12.3. The Labute approximate surface area is 163 Å². The van der Waals surface area contributed by atoms with Gasteiger partial charge in [0.25, 0.3) is 0 Å². The highest BCUT2D eigenvalue weighted by atomic mass is 16.6. The van der Waals surface area contributed by atoms with Crippen molar-refractivity contribution >= 4 is 24.9 Å². The Kier molecular flexibility index (Phi) is 9.66. The van der Waals surface area contributed by atoms with Crippen LogP contribution >= 0.6 is 0 Å². The molecule has 3 atom stereocenters. The second-order valence-corrected chi connectivity index (χ2v) is 6.48. The molecule has 0 aromatic rings. The summed E-state index contributed by atoms with van der Waals surface area (Å²) in [6.45, 7) is 5.71. The normalized spacial score (nSPS) is 20.2. The molecule has 0 aromatic heterocycles. The third-order valence-corrected chi connectivity index (χ3v) is 4.10. The van der Waals surface area contributed by atoms with E-state index in [0.717, 1.165) is 0 Å². The van der Waals surface area contributed by atoms with E-state index in [9.17, 15) is 19.5 Å². The lowest BCUT2D eigenvalue weighted by Crippen LogP contribution is -2.48. The van der Waals surface area contributed by atoms with Gasteiger partial charge in [0, 0.05) is 24.7 Å². The molecule has 0 spiro atoms. The molecule has 0 radical (unpaired) electrons. The third kappa shape index (κ3) is 8.09. The van der Waals surface area contributed by atoms with Gasteiger partial charge >= 0.3 is 13.1 Å². The minimum atomic E-state index is -1.64. The van der Waals surface area contributed by atoms with Gasteiger partial charge in [-0.3, -0.25) is 14.4 Å². The largest absolute Gasteiger partial charge is 0.487 e. The number of carboxylic acids is 1. The fourth-order valence-corrected chi connectivity index (χ4v) is 2.73. The SMILES string of the molecule is C=C(/C=C(\C)N[C@H]1CNC(C(=O)N[C@@H](CCC(=O)NOC)C(=O)O)C1)B(O)O. The summed E-state index contributed by atoms with van der Waals surface area (Å²) in [6, 6.07) is -1.89. The zero-order valence-electron chi connectivity index (χ0n) is 15.9. The summed E-state index contributed by atoms with van der Waals surface area (Å²) in [5, 5.41) is 35.8. The van der Waals surface area contributed by atoms with Gasteiger partial charge in [-0.25, -0.2) is 10.3 Å². The van der Waals surface area contributed by atoms with E-state index in [0.29, 0.717) is 18.7 Å². The van der Waals surface area contributed by atoms with Crippen LogP contribution in [0.25, 0.3) is 0 Å². The van der Waals surface area contributed by atoms with Crippen LogP contribution in [0.5, 0.6) is 0 Å². The minimum Gasteiger partial charge on any atom is -0.480 e. The highest BCUT2D eigenvalue weighted by Crippen LogP contribution is 2.11. The lowest BCUT2D eigenvalue weighted by Gasteiger charge is -2.18. The number of allylic oxidation sites excluding steroid dienone is 3. The van der Waals surface area contributed by atoms with Crippen molar-refractivity contribution in [2.24, 2.45) is 0 Å². The van der Waals surface area contributed by atoms with Gasteiger partial charge in [-0.2, -0.15) is 0 Å². The molecule has 0 aliphatic carbocycles. The number of amides is 2. The molecule has 1 unspecified atom stereocenters. The topological polar surface area (TPSA) is 169 Å². The van der Waals surface area contributed by atoms with E-state index in [-0.39, 0.29) is 24.4 Å². The number of carbonyl (C=O) groups excluding carboxylic acids is 2. The number of rotatable bonds is 11. The van der Waals surface area contributed by atoms with Crippen LogP contribution in [0.15, 0.2) is 23.8 Å². The van der Waals surface area contributed by atoms with Gasteiger partial charge < -0.3 is 31.1 Å². The van der Waals surface area contributed by atoms with Gasteiger partial charge in [0.2, 0.25) is 11.8 Å². The molecule has 1 fully saturated rings. The monoisotopic (exact) mass is 398 g/mol. The van der Waals surface area contributed by atoms with Crippen LogP contribution in [-0.2, 0) is 19.2 Å². The number of carbonyl (C=O) groups is 3. The van der Waals surface area contributed by atoms with E-state index < -0.39 is 37.0 Å². The Bertz CT molecular complexity index is 626. The number of nitrogens with one attached hydrogen (secondary N) is 4. The molecule has 1 aliphatic rings. The van der Waals surface area contributed by atoms with Crippen molar-refractivity contribution < 1.29 is 34.4 Å². The molecule has 7 N–H and O–H groups in total. The number of hydrogen-bond donors (Lipinski definition) is 7. The van der Waals surface area contributed by atoms with Gasteiger partial charge in [0.15, 0.2) is 0 Å². The van der Waals surface area contributed by atoms with Crippen molar-refractivity contribution in [1.82, 2.24) is 21.4 Å². The predicted octanol–water partition coefficient (Wildman–Crippen LogP) is -2.19. The molecule has 12 heteroatoms. The number of aliphatic carboxylic acids is 1. The van der Waals surface area contributed by atoms with Crippen LogP contribution in [0.1, 0.15) is 26.2 Å². The molecule has 0 saturated carbocycles. The van der Waals surface area contributed by atoms with Gasteiger partial charge in [-0.15, -0.1) is 0 Å². The first kappa shape index (κ1) is 23.6. The van der Waals surface area contributed by atoms with Crippen molar-refractivity contribution in [3.8, 4) is 0 Å². The fourth-order valence-electron chi connectivity index (χ4n) is 2.73. The zero-order chi connectivity index (χ0) is 21.3. The van der Waals surface area contributed by atoms with Crippen LogP contribution in [0.4, 0.5) is 0 Å². The van der Waals surface area contributed by atoms with E-state index in [1.54, 1.807) is 6.92 Å². The first-order chi connectivity index (χ1) is 13.1. The summed E-state index contributed by atoms with van der Waals surface area (Å²) < 4.78 is 0.